The summed E-state index contributed by atoms with van der Waals surface area (Å²) in [6, 6.07) is 9.15. The number of hydrogen-bond donors (Lipinski definition) is 1. The highest BCUT2D eigenvalue weighted by Gasteiger charge is 2.41. The van der Waals surface area contributed by atoms with Crippen molar-refractivity contribution in [2.45, 2.75) is 19.0 Å². The van der Waals surface area contributed by atoms with E-state index in [0.717, 1.165) is 16.7 Å². The number of imidazole rings is 1. The molecule has 4 rings (SSSR count). The lowest BCUT2D eigenvalue weighted by Crippen LogP contribution is -2.39. The number of anilines is 3. The van der Waals surface area contributed by atoms with Gasteiger partial charge in [-0.25, -0.2) is 4.79 Å². The second-order valence-corrected chi connectivity index (χ2v) is 7.76. The Morgan fingerprint density at radius 2 is 1.74 bits per heavy atom. The monoisotopic (exact) mass is 435 g/mol. The highest BCUT2D eigenvalue weighted by atomic mass is 19.4. The third-order valence-corrected chi connectivity index (χ3v) is 5.87. The van der Waals surface area contributed by atoms with Crippen molar-refractivity contribution >= 4 is 28.2 Å². The molecule has 0 unspecified atom stereocenters. The quantitative estimate of drug-likeness (QED) is 0.675. The molecule has 0 atom stereocenters. The van der Waals surface area contributed by atoms with Crippen molar-refractivity contribution in [2.75, 3.05) is 30.4 Å². The van der Waals surface area contributed by atoms with E-state index in [1.54, 1.807) is 35.4 Å². The van der Waals surface area contributed by atoms with Gasteiger partial charge in [-0.15, -0.1) is 0 Å². The molecule has 1 aromatic carbocycles. The molecule has 1 aliphatic heterocycles. The number of fused-ring (bicyclic) bond motifs is 1. The van der Waals surface area contributed by atoms with Gasteiger partial charge >= 0.3 is 11.9 Å². The molecule has 0 radical (unpaired) electrons. The lowest BCUT2D eigenvalue weighted by atomic mass is 9.96. The molecule has 1 aliphatic rings. The summed E-state index contributed by atoms with van der Waals surface area (Å²) in [7, 11) is 4.94. The number of pyridine rings is 1. The molecule has 7 nitrogen and oxygen atoms in total. The van der Waals surface area contributed by atoms with E-state index in [0.29, 0.717) is 30.5 Å². The van der Waals surface area contributed by atoms with Crippen LogP contribution in [-0.2, 0) is 14.1 Å². The van der Waals surface area contributed by atoms with E-state index in [1.165, 1.54) is 7.11 Å². The molecule has 1 fully saturated rings. The van der Waals surface area contributed by atoms with Gasteiger partial charge in [-0.05, 0) is 43.2 Å². The summed E-state index contributed by atoms with van der Waals surface area (Å²) in [5.41, 5.74) is 2.88. The van der Waals surface area contributed by atoms with E-state index in [-0.39, 0.29) is 18.5 Å². The molecule has 3 heterocycles. The number of methoxy groups -OCH3 is 1. The van der Waals surface area contributed by atoms with Crippen LogP contribution in [0, 0.1) is 5.92 Å². The van der Waals surface area contributed by atoms with Crippen LogP contribution in [0.2, 0.25) is 0 Å². The summed E-state index contributed by atoms with van der Waals surface area (Å²) < 4.78 is 47.3. The Balaban J connectivity index is 1.55. The molecule has 0 bridgehead atoms. The minimum Gasteiger partial charge on any atom is -0.479 e. The largest absolute Gasteiger partial charge is 0.479 e. The Kier molecular flexibility index (Phi) is 5.32. The van der Waals surface area contributed by atoms with Gasteiger partial charge in [0, 0.05) is 32.9 Å². The summed E-state index contributed by atoms with van der Waals surface area (Å²) >= 11 is 0. The van der Waals surface area contributed by atoms with Crippen molar-refractivity contribution < 1.29 is 17.9 Å². The SMILES string of the molecule is COc1nc(N2CCC(C(F)(F)F)CC2)ccc1Nc1ccc2c(c1)n(C)c(=O)n2C. The number of benzene rings is 1. The molecular formula is C21H24F3N5O2. The third-order valence-electron chi connectivity index (χ3n) is 5.87. The Morgan fingerprint density at radius 1 is 1.06 bits per heavy atom. The summed E-state index contributed by atoms with van der Waals surface area (Å²) in [6.07, 6.45) is -4.03. The molecule has 1 N–H and O–H groups in total. The van der Waals surface area contributed by atoms with Crippen molar-refractivity contribution in [3.63, 3.8) is 0 Å². The van der Waals surface area contributed by atoms with Crippen molar-refractivity contribution in [1.29, 1.82) is 0 Å². The number of piperidine rings is 1. The van der Waals surface area contributed by atoms with Gasteiger partial charge in [0.15, 0.2) is 0 Å². The van der Waals surface area contributed by atoms with Crippen LogP contribution in [0.3, 0.4) is 0 Å². The molecular weight excluding hydrogens is 411 g/mol. The standard InChI is InChI=1S/C21H24F3N5O2/c1-27-16-6-4-14(12-17(16)28(2)20(27)30)25-15-5-7-18(26-19(15)31-3)29-10-8-13(9-11-29)21(22,23)24/h4-7,12-13,25H,8-11H2,1-3H3. The topological polar surface area (TPSA) is 64.3 Å². The summed E-state index contributed by atoms with van der Waals surface area (Å²) in [4.78, 5) is 18.5. The molecule has 0 amide bonds. The average molecular weight is 435 g/mol. The number of alkyl halides is 3. The van der Waals surface area contributed by atoms with Gasteiger partial charge in [0.05, 0.1) is 24.1 Å². The predicted molar refractivity (Wildman–Crippen MR) is 113 cm³/mol. The molecule has 1 saturated heterocycles. The number of hydrogen-bond acceptors (Lipinski definition) is 5. The van der Waals surface area contributed by atoms with Crippen molar-refractivity contribution in [3.8, 4) is 5.88 Å². The Labute approximate surface area is 177 Å². The molecule has 2 aromatic heterocycles. The van der Waals surface area contributed by atoms with E-state index in [4.69, 9.17) is 4.74 Å². The van der Waals surface area contributed by atoms with Crippen molar-refractivity contribution in [1.82, 2.24) is 14.1 Å². The maximum Gasteiger partial charge on any atom is 0.391 e. The zero-order valence-corrected chi connectivity index (χ0v) is 17.5. The van der Waals surface area contributed by atoms with Crippen LogP contribution < -0.4 is 20.6 Å². The lowest BCUT2D eigenvalue weighted by Gasteiger charge is -2.33. The fourth-order valence-corrected chi connectivity index (χ4v) is 4.03. The maximum atomic E-state index is 12.9. The van der Waals surface area contributed by atoms with Crippen LogP contribution in [0.25, 0.3) is 11.0 Å². The Bertz CT molecular complexity index is 1160. The maximum absolute atomic E-state index is 12.9. The van der Waals surface area contributed by atoms with Crippen LogP contribution >= 0.6 is 0 Å². The molecule has 31 heavy (non-hydrogen) atoms. The number of nitrogens with one attached hydrogen (secondary N) is 1. The molecule has 166 valence electrons. The Hall–Kier alpha value is -3.17. The highest BCUT2D eigenvalue weighted by Crippen LogP contribution is 2.36. The lowest BCUT2D eigenvalue weighted by molar-refractivity contribution is -0.179. The highest BCUT2D eigenvalue weighted by molar-refractivity contribution is 5.82. The van der Waals surface area contributed by atoms with Gasteiger partial charge < -0.3 is 15.0 Å². The van der Waals surface area contributed by atoms with Gasteiger partial charge in [-0.3, -0.25) is 9.13 Å². The van der Waals surface area contributed by atoms with Crippen LogP contribution in [0.1, 0.15) is 12.8 Å². The van der Waals surface area contributed by atoms with E-state index in [1.807, 2.05) is 23.1 Å². The molecule has 3 aromatic rings. The van der Waals surface area contributed by atoms with Gasteiger partial charge in [0.1, 0.15) is 11.5 Å². The van der Waals surface area contributed by atoms with Crippen molar-refractivity contribution in [3.05, 3.63) is 40.8 Å². The van der Waals surface area contributed by atoms with E-state index < -0.39 is 12.1 Å². The van der Waals surface area contributed by atoms with Gasteiger partial charge in [0.2, 0.25) is 5.88 Å². The average Bonchev–Trinajstić information content (AvgIpc) is 2.97. The Morgan fingerprint density at radius 3 is 2.39 bits per heavy atom. The molecule has 0 aliphatic carbocycles. The van der Waals surface area contributed by atoms with Crippen molar-refractivity contribution in [2.24, 2.45) is 20.0 Å². The zero-order valence-electron chi connectivity index (χ0n) is 17.5. The van der Waals surface area contributed by atoms with Crippen LogP contribution in [0.4, 0.5) is 30.4 Å². The fraction of sp³-hybridized carbons (Fsp3) is 0.429. The number of rotatable bonds is 4. The smallest absolute Gasteiger partial charge is 0.391 e. The number of aromatic nitrogens is 3. The van der Waals surface area contributed by atoms with Gasteiger partial charge in [-0.2, -0.15) is 18.2 Å². The van der Waals surface area contributed by atoms with Crippen LogP contribution in [0.15, 0.2) is 35.1 Å². The first-order valence-corrected chi connectivity index (χ1v) is 9.98. The third kappa shape index (κ3) is 3.94. The van der Waals surface area contributed by atoms with Gasteiger partial charge in [0.25, 0.3) is 0 Å². The number of ether oxygens (including phenoxy) is 1. The first-order valence-electron chi connectivity index (χ1n) is 9.98. The summed E-state index contributed by atoms with van der Waals surface area (Å²) in [5, 5.41) is 3.25. The normalized spacial score (nSPS) is 15.5. The predicted octanol–water partition coefficient (Wildman–Crippen LogP) is 3.80. The molecule has 10 heteroatoms. The first kappa shape index (κ1) is 21.1. The van der Waals surface area contributed by atoms with E-state index in [9.17, 15) is 18.0 Å². The number of halogens is 3. The summed E-state index contributed by atoms with van der Waals surface area (Å²) in [6.45, 7) is 0.595. The number of nitrogens with zero attached hydrogens (tertiary/aromatic N) is 4. The van der Waals surface area contributed by atoms with E-state index >= 15 is 0 Å². The fourth-order valence-electron chi connectivity index (χ4n) is 4.03. The summed E-state index contributed by atoms with van der Waals surface area (Å²) in [5.74, 6) is -0.322. The van der Waals surface area contributed by atoms with Gasteiger partial charge in [-0.1, -0.05) is 0 Å². The van der Waals surface area contributed by atoms with E-state index in [2.05, 4.69) is 10.3 Å². The minimum atomic E-state index is -4.14. The number of aryl methyl sites for hydroxylation is 2. The second kappa shape index (κ2) is 7.82. The molecule has 0 saturated carbocycles. The second-order valence-electron chi connectivity index (χ2n) is 7.76. The zero-order chi connectivity index (χ0) is 22.3. The molecule has 0 spiro atoms. The van der Waals surface area contributed by atoms with Crippen LogP contribution in [-0.4, -0.2) is 40.5 Å². The first-order chi connectivity index (χ1) is 14.7. The minimum absolute atomic E-state index is 0.0588. The van der Waals surface area contributed by atoms with Crippen LogP contribution in [0.5, 0.6) is 5.88 Å².